The molecule has 4 nitrogen and oxygen atoms in total. The van der Waals surface area contributed by atoms with Gasteiger partial charge in [-0.3, -0.25) is 0 Å². The molecule has 1 aromatic rings. The van der Waals surface area contributed by atoms with Crippen LogP contribution >= 0.6 is 24.0 Å². The molecule has 2 unspecified atom stereocenters. The van der Waals surface area contributed by atoms with Gasteiger partial charge in [0.05, 0.1) is 6.54 Å². The lowest BCUT2D eigenvalue weighted by Gasteiger charge is -2.12. The highest BCUT2D eigenvalue weighted by molar-refractivity contribution is 14.0. The van der Waals surface area contributed by atoms with Gasteiger partial charge >= 0.3 is 0 Å². The molecule has 5 heteroatoms. The molecule has 124 valence electrons. The summed E-state index contributed by atoms with van der Waals surface area (Å²) in [4.78, 5) is 6.88. The van der Waals surface area contributed by atoms with Crippen LogP contribution in [-0.4, -0.2) is 37.5 Å². The van der Waals surface area contributed by atoms with Crippen LogP contribution in [0, 0.1) is 5.92 Å². The Labute approximate surface area is 151 Å². The molecule has 0 aromatic heterocycles. The van der Waals surface area contributed by atoms with Gasteiger partial charge in [0.2, 0.25) is 0 Å². The summed E-state index contributed by atoms with van der Waals surface area (Å²) in [5.41, 5.74) is 2.59. The average molecular weight is 416 g/mol. The van der Waals surface area contributed by atoms with Gasteiger partial charge in [-0.25, -0.2) is 4.99 Å². The van der Waals surface area contributed by atoms with Gasteiger partial charge in [0.25, 0.3) is 0 Å². The normalized spacial score (nSPS) is 20.5. The lowest BCUT2D eigenvalue weighted by Crippen LogP contribution is -2.39. The maximum atomic E-state index is 4.70. The first-order valence-electron chi connectivity index (χ1n) is 7.86. The Kier molecular flexibility index (Phi) is 8.17. The van der Waals surface area contributed by atoms with Crippen LogP contribution in [0.4, 0.5) is 0 Å². The number of nitrogens with one attached hydrogen (secondary N) is 2. The number of hydrogen-bond acceptors (Lipinski definition) is 2. The van der Waals surface area contributed by atoms with E-state index in [4.69, 9.17) is 4.99 Å². The Morgan fingerprint density at radius 2 is 2.00 bits per heavy atom. The van der Waals surface area contributed by atoms with Crippen molar-refractivity contribution in [3.05, 3.63) is 35.4 Å². The summed E-state index contributed by atoms with van der Waals surface area (Å²) in [6.45, 7) is 6.96. The van der Waals surface area contributed by atoms with E-state index in [1.54, 1.807) is 0 Å². The second-order valence-corrected chi connectivity index (χ2v) is 6.22. The molecule has 2 atom stereocenters. The summed E-state index contributed by atoms with van der Waals surface area (Å²) in [6.07, 6.45) is 1.25. The highest BCUT2D eigenvalue weighted by Gasteiger charge is 2.33. The molecule has 0 amide bonds. The van der Waals surface area contributed by atoms with Crippen LogP contribution in [0.2, 0.25) is 0 Å². The van der Waals surface area contributed by atoms with Gasteiger partial charge < -0.3 is 15.5 Å². The molecule has 0 spiro atoms. The molecule has 22 heavy (non-hydrogen) atoms. The van der Waals surface area contributed by atoms with Crippen molar-refractivity contribution < 1.29 is 0 Å². The lowest BCUT2D eigenvalue weighted by atomic mass is 10.1. The molecule has 1 fully saturated rings. The van der Waals surface area contributed by atoms with Crippen LogP contribution in [0.25, 0.3) is 0 Å². The monoisotopic (exact) mass is 416 g/mol. The van der Waals surface area contributed by atoms with Gasteiger partial charge in [-0.15, -0.1) is 24.0 Å². The average Bonchev–Trinajstić information content (AvgIpc) is 3.11. The zero-order valence-corrected chi connectivity index (χ0v) is 16.4. The maximum Gasteiger partial charge on any atom is 0.191 e. The number of nitrogens with zero attached hydrogens (tertiary/aromatic N) is 2. The van der Waals surface area contributed by atoms with Crippen LogP contribution in [0.15, 0.2) is 29.3 Å². The Morgan fingerprint density at radius 3 is 2.59 bits per heavy atom. The first-order chi connectivity index (χ1) is 10.1. The van der Waals surface area contributed by atoms with Crippen LogP contribution < -0.4 is 10.6 Å². The molecule has 1 aliphatic rings. The van der Waals surface area contributed by atoms with Gasteiger partial charge in [-0.1, -0.05) is 31.2 Å². The van der Waals surface area contributed by atoms with Crippen molar-refractivity contribution in [1.82, 2.24) is 15.5 Å². The highest BCUT2D eigenvalue weighted by Crippen LogP contribution is 2.28. The Morgan fingerprint density at radius 1 is 1.32 bits per heavy atom. The molecule has 1 aromatic carbocycles. The van der Waals surface area contributed by atoms with Crippen molar-refractivity contribution in [2.45, 2.75) is 39.4 Å². The minimum Gasteiger partial charge on any atom is -0.357 e. The van der Waals surface area contributed by atoms with Gasteiger partial charge in [0.1, 0.15) is 0 Å². The van der Waals surface area contributed by atoms with Crippen LogP contribution in [0.3, 0.4) is 0 Å². The fourth-order valence-electron chi connectivity index (χ4n) is 2.38. The van der Waals surface area contributed by atoms with Gasteiger partial charge in [-0.05, 0) is 44.5 Å². The van der Waals surface area contributed by atoms with E-state index in [9.17, 15) is 0 Å². The van der Waals surface area contributed by atoms with Crippen LogP contribution in [0.1, 0.15) is 31.4 Å². The molecule has 0 heterocycles. The fraction of sp³-hybridized carbons (Fsp3) is 0.588. The number of aliphatic imine (C=N–C) groups is 1. The summed E-state index contributed by atoms with van der Waals surface area (Å²) in [6, 6.07) is 9.27. The van der Waals surface area contributed by atoms with Gasteiger partial charge in [0, 0.05) is 19.1 Å². The van der Waals surface area contributed by atoms with E-state index >= 15 is 0 Å². The van der Waals surface area contributed by atoms with Crippen LogP contribution in [-0.2, 0) is 13.1 Å². The topological polar surface area (TPSA) is 39.7 Å². The standard InChI is InChI=1S/C17H28N4.HI/c1-5-18-17(20-16-9-13(16)2)19-11-14-7-6-8-15(10-14)12-21(3)4;/h6-8,10,13,16H,5,9,11-12H2,1-4H3,(H2,18,19,20);1H. The predicted octanol–water partition coefficient (Wildman–Crippen LogP) is 2.83. The zero-order chi connectivity index (χ0) is 15.2. The summed E-state index contributed by atoms with van der Waals surface area (Å²) < 4.78 is 0. The molecule has 2 rings (SSSR count). The van der Waals surface area contributed by atoms with Crippen molar-refractivity contribution in [3.8, 4) is 0 Å². The lowest BCUT2D eigenvalue weighted by molar-refractivity contribution is 0.402. The third-order valence-electron chi connectivity index (χ3n) is 3.69. The molecular weight excluding hydrogens is 387 g/mol. The van der Waals surface area contributed by atoms with Crippen LogP contribution in [0.5, 0.6) is 0 Å². The van der Waals surface area contributed by atoms with Crippen molar-refractivity contribution in [2.75, 3.05) is 20.6 Å². The third kappa shape index (κ3) is 6.52. The van der Waals surface area contributed by atoms with E-state index in [1.807, 2.05) is 0 Å². The van der Waals surface area contributed by atoms with E-state index in [0.717, 1.165) is 31.5 Å². The van der Waals surface area contributed by atoms with E-state index in [2.05, 4.69) is 67.7 Å². The van der Waals surface area contributed by atoms with Gasteiger partial charge in [0.15, 0.2) is 5.96 Å². The first-order valence-corrected chi connectivity index (χ1v) is 7.86. The number of hydrogen-bond donors (Lipinski definition) is 2. The summed E-state index contributed by atoms with van der Waals surface area (Å²) >= 11 is 0. The maximum absolute atomic E-state index is 4.70. The largest absolute Gasteiger partial charge is 0.357 e. The minimum absolute atomic E-state index is 0. The highest BCUT2D eigenvalue weighted by atomic mass is 127. The SMILES string of the molecule is CCNC(=NCc1cccc(CN(C)C)c1)NC1CC1C.I. The van der Waals surface area contributed by atoms with Crippen molar-refractivity contribution in [2.24, 2.45) is 10.9 Å². The Hall–Kier alpha value is -0.820. The van der Waals surface area contributed by atoms with E-state index in [-0.39, 0.29) is 24.0 Å². The summed E-state index contributed by atoms with van der Waals surface area (Å²) in [7, 11) is 4.18. The number of benzene rings is 1. The third-order valence-corrected chi connectivity index (χ3v) is 3.69. The number of guanidine groups is 1. The molecule has 2 N–H and O–H groups in total. The second-order valence-electron chi connectivity index (χ2n) is 6.22. The Bertz CT molecular complexity index is 487. The molecule has 1 aliphatic carbocycles. The number of halogens is 1. The zero-order valence-electron chi connectivity index (χ0n) is 14.1. The summed E-state index contributed by atoms with van der Waals surface area (Å²) in [5, 5.41) is 6.81. The van der Waals surface area contributed by atoms with E-state index in [1.165, 1.54) is 17.5 Å². The quantitative estimate of drug-likeness (QED) is 0.426. The predicted molar refractivity (Wildman–Crippen MR) is 105 cm³/mol. The summed E-state index contributed by atoms with van der Waals surface area (Å²) in [5.74, 6) is 1.71. The molecule has 0 bridgehead atoms. The molecule has 0 aliphatic heterocycles. The fourth-order valence-corrected chi connectivity index (χ4v) is 2.38. The molecule has 1 saturated carbocycles. The molecule has 0 radical (unpaired) electrons. The molecule has 0 saturated heterocycles. The minimum atomic E-state index is 0. The van der Waals surface area contributed by atoms with Gasteiger partial charge in [-0.2, -0.15) is 0 Å². The van der Waals surface area contributed by atoms with E-state index < -0.39 is 0 Å². The number of rotatable bonds is 6. The van der Waals surface area contributed by atoms with Crippen molar-refractivity contribution >= 4 is 29.9 Å². The first kappa shape index (κ1) is 19.2. The molecular formula is C17H29IN4. The second kappa shape index (κ2) is 9.35. The Balaban J connectivity index is 0.00000242. The van der Waals surface area contributed by atoms with Crippen molar-refractivity contribution in [3.63, 3.8) is 0 Å². The van der Waals surface area contributed by atoms with E-state index in [0.29, 0.717) is 6.04 Å². The smallest absolute Gasteiger partial charge is 0.191 e. The van der Waals surface area contributed by atoms with Crippen molar-refractivity contribution in [1.29, 1.82) is 0 Å².